The van der Waals surface area contributed by atoms with E-state index in [9.17, 15) is 10.2 Å². The second kappa shape index (κ2) is 31.2. The molecule has 0 heterocycles. The molecule has 0 unspecified atom stereocenters. The molecule has 2 aliphatic carbocycles. The van der Waals surface area contributed by atoms with E-state index in [2.05, 4.69) is 99.4 Å². The summed E-state index contributed by atoms with van der Waals surface area (Å²) in [7, 11) is 0. The molecule has 2 saturated carbocycles. The predicted octanol–water partition coefficient (Wildman–Crippen LogP) is 11.4. The third-order valence-corrected chi connectivity index (χ3v) is 10.9. The van der Waals surface area contributed by atoms with E-state index in [1.165, 1.54) is 0 Å². The number of aliphatic hydroxyl groups is 1. The fourth-order valence-corrected chi connectivity index (χ4v) is 8.32. The van der Waals surface area contributed by atoms with E-state index >= 15 is 0 Å². The number of hydrogen-bond donors (Lipinski definition) is 1. The summed E-state index contributed by atoms with van der Waals surface area (Å²) in [4.78, 5) is 0. The Balaban J connectivity index is 0.000000317. The summed E-state index contributed by atoms with van der Waals surface area (Å²) in [6.07, 6.45) is 0.398. The van der Waals surface area contributed by atoms with Gasteiger partial charge in [0, 0.05) is 35.5 Å². The van der Waals surface area contributed by atoms with Crippen LogP contribution in [-0.2, 0) is 57.6 Å². The van der Waals surface area contributed by atoms with E-state index in [4.69, 9.17) is 18.6 Å². The normalized spacial score (nSPS) is 14.5. The van der Waals surface area contributed by atoms with Gasteiger partial charge in [0.05, 0.1) is 11.8 Å². The molecule has 11 radical (unpaired) electrons. The molecule has 8 aromatic carbocycles. The van der Waals surface area contributed by atoms with Crippen molar-refractivity contribution in [3.63, 3.8) is 0 Å². The van der Waals surface area contributed by atoms with Gasteiger partial charge in [0.1, 0.15) is 6.10 Å². The number of hydrogen-bond acceptors (Lipinski definition) is 2. The third-order valence-electron chi connectivity index (χ3n) is 10.9. The summed E-state index contributed by atoms with van der Waals surface area (Å²) in [6, 6.07) is 81.4. The van der Waals surface area contributed by atoms with Crippen LogP contribution < -0.4 is 5.11 Å². The summed E-state index contributed by atoms with van der Waals surface area (Å²) in [6.45, 7) is 18.0. The first-order chi connectivity index (χ1) is 33.7. The fourth-order valence-electron chi connectivity index (χ4n) is 8.32. The molecule has 0 spiro atoms. The molecule has 10 rings (SSSR count). The van der Waals surface area contributed by atoms with Crippen LogP contribution in [0.2, 0.25) is 0 Å². The van der Waals surface area contributed by atoms with Crippen LogP contribution in [0.1, 0.15) is 44.5 Å². The van der Waals surface area contributed by atoms with Gasteiger partial charge < -0.3 is 10.2 Å². The fraction of sp³-hybridized carbons (Fsp3) is 0. The van der Waals surface area contributed by atoms with Crippen LogP contribution in [0.3, 0.4) is 0 Å². The van der Waals surface area contributed by atoms with E-state index in [1.807, 2.05) is 170 Å². The Morgan fingerprint density at radius 2 is 0.371 bits per heavy atom. The molecule has 70 heavy (non-hydrogen) atoms. The van der Waals surface area contributed by atoms with Crippen LogP contribution in [0.25, 0.3) is 0 Å². The second-order valence-corrected chi connectivity index (χ2v) is 14.6. The van der Waals surface area contributed by atoms with Gasteiger partial charge in [-0.2, -0.15) is 0 Å². The molecule has 2 fully saturated rings. The van der Waals surface area contributed by atoms with Crippen LogP contribution in [-0.4, -0.2) is 5.11 Å². The van der Waals surface area contributed by atoms with E-state index in [1.54, 1.807) is 0 Å². The molecule has 8 heteroatoms. The molecule has 8 aromatic rings. The first-order valence-electron chi connectivity index (χ1n) is 21.0. The van der Waals surface area contributed by atoms with Gasteiger partial charge in [0.15, 0.2) is 0 Å². The monoisotopic (exact) mass is 1090 g/mol. The zero-order chi connectivity index (χ0) is 48.7. The minimum atomic E-state index is 0. The number of aliphatic hydroxyl groups excluding tert-OH is 1. The van der Waals surface area contributed by atoms with Crippen molar-refractivity contribution in [2.75, 3.05) is 0 Å². The summed E-state index contributed by atoms with van der Waals surface area (Å²) >= 11 is 0. The van der Waals surface area contributed by atoms with Crippen LogP contribution >= 0.6 is 0 Å². The molecule has 0 aromatic heterocycles. The number of rotatable bonds is 8. The van der Waals surface area contributed by atoms with E-state index in [0.29, 0.717) is 6.10 Å². The SMILES string of the molecule is O[C]1[C](c2ccccc2)[C](c2ccccc2)[C](c2ccccc2)[C]1c1ccccc1.[C-]#[O+].[C-]#[O+].[C-]#[O+].[C-]#[O+].[O-][C]1[C](c2ccccc2)[C](c2ccccc2)[C](c2ccccc2)[C]1c1ccccc1.[Ru+].[RuH]. The van der Waals surface area contributed by atoms with Crippen LogP contribution in [0.5, 0.6) is 0 Å². The molecule has 1 N–H and O–H groups in total. The van der Waals surface area contributed by atoms with Gasteiger partial charge in [-0.3, -0.25) is 0 Å². The van der Waals surface area contributed by atoms with Crippen molar-refractivity contribution >= 4 is 0 Å². The van der Waals surface area contributed by atoms with Gasteiger partial charge in [0.2, 0.25) is 0 Å². The Labute approximate surface area is 438 Å². The Morgan fingerprint density at radius 1 is 0.243 bits per heavy atom. The Kier molecular flexibility index (Phi) is 25.9. The van der Waals surface area contributed by atoms with Crippen molar-refractivity contribution in [3.05, 3.63) is 373 Å². The van der Waals surface area contributed by atoms with Crippen molar-refractivity contribution in [2.24, 2.45) is 0 Å². The molecule has 0 atom stereocenters. The second-order valence-electron chi connectivity index (χ2n) is 14.6. The minimum absolute atomic E-state index is 0. The summed E-state index contributed by atoms with van der Waals surface area (Å²) in [5.74, 6) is 7.39. The predicted molar refractivity (Wildman–Crippen MR) is 256 cm³/mol. The van der Waals surface area contributed by atoms with Crippen molar-refractivity contribution in [2.45, 2.75) is 0 Å². The molecule has 0 saturated heterocycles. The van der Waals surface area contributed by atoms with Crippen LogP contribution in [0, 0.1) is 86.2 Å². The topological polar surface area (TPSA) is 123 Å². The standard InChI is InChI=1S/C29H21O.C29H20O.4CO.2Ru.H/c2*30-29-27(23-17-9-3-10-18-23)25(21-13-5-1-6-14-21)26(22-15-7-2-8-16-22)28(29)24-19-11-4-12-20-24;4*1-2;;;/h1-20,30H;1-20H;;;;;;;/q;-1;;;;;;+1;. The van der Waals surface area contributed by atoms with Gasteiger partial charge >= 0.3 is 84.2 Å². The van der Waals surface area contributed by atoms with Gasteiger partial charge in [-0.05, 0) is 44.5 Å². The van der Waals surface area contributed by atoms with Crippen molar-refractivity contribution in [1.82, 2.24) is 0 Å². The zero-order valence-corrected chi connectivity index (χ0v) is 40.9. The van der Waals surface area contributed by atoms with Crippen molar-refractivity contribution in [3.8, 4) is 0 Å². The first kappa shape index (κ1) is 58.2. The van der Waals surface area contributed by atoms with E-state index in [0.717, 1.165) is 91.9 Å². The third kappa shape index (κ3) is 13.6. The quantitative estimate of drug-likeness (QED) is 0.0925. The molecular weight excluding hydrogens is 1040 g/mol. The van der Waals surface area contributed by atoms with Crippen molar-refractivity contribution in [1.29, 1.82) is 0 Å². The van der Waals surface area contributed by atoms with Gasteiger partial charge in [-0.1, -0.05) is 249 Å². The molecule has 0 amide bonds. The summed E-state index contributed by atoms with van der Waals surface area (Å²) in [5, 5.41) is 25.6. The van der Waals surface area contributed by atoms with E-state index < -0.39 is 0 Å². The van der Waals surface area contributed by atoms with Crippen LogP contribution in [0.4, 0.5) is 0 Å². The molecule has 2 aliphatic rings. The summed E-state index contributed by atoms with van der Waals surface area (Å²) < 4.78 is 30.0. The van der Waals surface area contributed by atoms with Gasteiger partial charge in [-0.15, -0.1) is 0 Å². The molecule has 6 nitrogen and oxygen atoms in total. The molecule has 342 valence electrons. The van der Waals surface area contributed by atoms with Crippen LogP contribution in [0.15, 0.2) is 243 Å². The molecular formula is C62H42O6Ru2. The Hall–Kier alpha value is -6.11. The molecule has 0 aliphatic heterocycles. The maximum absolute atomic E-state index is 14.0. The Morgan fingerprint density at radius 3 is 0.543 bits per heavy atom. The Bertz CT molecular complexity index is 2330. The average Bonchev–Trinajstić information content (AvgIpc) is 3.93. The molecule has 0 bridgehead atoms. The van der Waals surface area contributed by atoms with E-state index in [-0.39, 0.29) is 45.1 Å². The summed E-state index contributed by atoms with van der Waals surface area (Å²) in [5.41, 5.74) is 8.19. The zero-order valence-electron chi connectivity index (χ0n) is 37.3. The van der Waals surface area contributed by atoms with Crippen molar-refractivity contribution < 1.29 is 67.8 Å². The first-order valence-corrected chi connectivity index (χ1v) is 21.0. The van der Waals surface area contributed by atoms with Gasteiger partial charge in [0.25, 0.3) is 0 Å². The average molecular weight is 1090 g/mol. The maximum atomic E-state index is 14.0. The van der Waals surface area contributed by atoms with Gasteiger partial charge in [-0.25, -0.2) is 0 Å². The number of benzene rings is 8.